The fourth-order valence-electron chi connectivity index (χ4n) is 2.69. The number of aliphatic hydroxyl groups excluding tert-OH is 1. The average Bonchev–Trinajstić information content (AvgIpc) is 3.16. The maximum absolute atomic E-state index is 10.3. The van der Waals surface area contributed by atoms with Crippen molar-refractivity contribution >= 4 is 0 Å². The first-order valence-electron chi connectivity index (χ1n) is 9.02. The molecule has 1 N–H and O–H groups in total. The van der Waals surface area contributed by atoms with E-state index in [0.29, 0.717) is 17.3 Å². The summed E-state index contributed by atoms with van der Waals surface area (Å²) in [7, 11) is 1.59. The lowest BCUT2D eigenvalue weighted by molar-refractivity contribution is 0.0836. The van der Waals surface area contributed by atoms with Crippen LogP contribution in [0.15, 0.2) is 55.1 Å². The van der Waals surface area contributed by atoms with Gasteiger partial charge in [-0.15, -0.1) is 16.8 Å². The van der Waals surface area contributed by atoms with Gasteiger partial charge >= 0.3 is 0 Å². The number of aliphatic hydroxyl groups is 1. The zero-order valence-corrected chi connectivity index (χ0v) is 16.1. The molecule has 0 amide bonds. The minimum atomic E-state index is -0.794. The van der Waals surface area contributed by atoms with Crippen molar-refractivity contribution in [1.29, 1.82) is 0 Å². The number of benzene rings is 2. The maximum Gasteiger partial charge on any atom is 0.204 e. The maximum atomic E-state index is 10.3. The second-order valence-corrected chi connectivity index (χ2v) is 6.48. The predicted molar refractivity (Wildman–Crippen MR) is 106 cm³/mol. The van der Waals surface area contributed by atoms with Crippen molar-refractivity contribution < 1.29 is 14.6 Å². The third-order valence-corrected chi connectivity index (χ3v) is 4.18. The fraction of sp³-hybridized carbons (Fsp3) is 0.286. The Morgan fingerprint density at radius 2 is 1.96 bits per heavy atom. The molecule has 1 unspecified atom stereocenters. The summed E-state index contributed by atoms with van der Waals surface area (Å²) < 4.78 is 11.1. The van der Waals surface area contributed by atoms with Crippen molar-refractivity contribution in [2.24, 2.45) is 0 Å². The number of hydrogen-bond donors (Lipinski definition) is 1. The predicted octanol–water partition coefficient (Wildman–Crippen LogP) is 2.83. The molecule has 0 saturated heterocycles. The molecule has 7 nitrogen and oxygen atoms in total. The first kappa shape index (κ1) is 19.6. The zero-order valence-electron chi connectivity index (χ0n) is 16.1. The molecule has 0 spiro atoms. The van der Waals surface area contributed by atoms with Crippen LogP contribution in [0.5, 0.6) is 11.5 Å². The summed E-state index contributed by atoms with van der Waals surface area (Å²) >= 11 is 0. The molecule has 3 rings (SSSR count). The van der Waals surface area contributed by atoms with E-state index in [1.165, 1.54) is 4.80 Å². The second-order valence-electron chi connectivity index (χ2n) is 6.48. The summed E-state index contributed by atoms with van der Waals surface area (Å²) in [6.07, 6.45) is 1.79. The third kappa shape index (κ3) is 4.95. The number of methoxy groups -OCH3 is 1. The minimum absolute atomic E-state index is 0.0819. The van der Waals surface area contributed by atoms with E-state index in [1.54, 1.807) is 7.11 Å². The van der Waals surface area contributed by atoms with Gasteiger partial charge in [0.15, 0.2) is 11.5 Å². The van der Waals surface area contributed by atoms with Gasteiger partial charge in [0, 0.05) is 5.56 Å². The van der Waals surface area contributed by atoms with Gasteiger partial charge in [-0.3, -0.25) is 0 Å². The number of aryl methyl sites for hydroxylation is 1. The molecule has 2 aromatic carbocycles. The van der Waals surface area contributed by atoms with Crippen molar-refractivity contribution in [2.75, 3.05) is 13.7 Å². The number of aromatic nitrogens is 4. The average molecular weight is 380 g/mol. The standard InChI is InChI=1S/C21H24N4O3/c1-4-5-16-8-11-19(20(12-16)27-3)28-14-18(26)13-25-23-21(22-24-25)17-9-6-15(2)7-10-17/h4,6-12,18,26H,1,5,13-14H2,2-3H3. The molecule has 0 aliphatic carbocycles. The van der Waals surface area contributed by atoms with E-state index < -0.39 is 6.10 Å². The lowest BCUT2D eigenvalue weighted by atomic mass is 10.1. The van der Waals surface area contributed by atoms with E-state index in [0.717, 1.165) is 23.1 Å². The summed E-state index contributed by atoms with van der Waals surface area (Å²) in [5.74, 6) is 1.71. The summed E-state index contributed by atoms with van der Waals surface area (Å²) in [4.78, 5) is 1.37. The molecule has 3 aromatic rings. The van der Waals surface area contributed by atoms with Gasteiger partial charge in [-0.1, -0.05) is 42.0 Å². The van der Waals surface area contributed by atoms with E-state index in [4.69, 9.17) is 9.47 Å². The van der Waals surface area contributed by atoms with Crippen molar-refractivity contribution in [3.05, 3.63) is 66.2 Å². The molecule has 1 atom stereocenters. The number of allylic oxidation sites excluding steroid dienone is 1. The monoisotopic (exact) mass is 380 g/mol. The number of tetrazole rings is 1. The Kier molecular flexibility index (Phi) is 6.39. The third-order valence-electron chi connectivity index (χ3n) is 4.18. The van der Waals surface area contributed by atoms with Crippen LogP contribution in [0.2, 0.25) is 0 Å². The van der Waals surface area contributed by atoms with E-state index in [-0.39, 0.29) is 13.2 Å². The summed E-state index contributed by atoms with van der Waals surface area (Å²) in [5, 5.41) is 22.6. The number of nitrogens with zero attached hydrogens (tertiary/aromatic N) is 4. The van der Waals surface area contributed by atoms with Gasteiger partial charge in [-0.2, -0.15) is 4.80 Å². The summed E-state index contributed by atoms with van der Waals surface area (Å²) in [6.45, 7) is 6.01. The largest absolute Gasteiger partial charge is 0.493 e. The topological polar surface area (TPSA) is 82.3 Å². The SMILES string of the molecule is C=CCc1ccc(OCC(O)Cn2nnc(-c3ccc(C)cc3)n2)c(OC)c1. The Bertz CT molecular complexity index is 922. The van der Waals surface area contributed by atoms with E-state index in [1.807, 2.05) is 55.5 Å². The van der Waals surface area contributed by atoms with Crippen LogP contribution in [0.3, 0.4) is 0 Å². The van der Waals surface area contributed by atoms with E-state index in [2.05, 4.69) is 22.0 Å². The smallest absolute Gasteiger partial charge is 0.204 e. The van der Waals surface area contributed by atoms with E-state index in [9.17, 15) is 5.11 Å². The van der Waals surface area contributed by atoms with Crippen molar-refractivity contribution in [2.45, 2.75) is 26.0 Å². The Balaban J connectivity index is 1.58. The molecular formula is C21H24N4O3. The van der Waals surface area contributed by atoms with Crippen LogP contribution in [0, 0.1) is 6.92 Å². The normalized spacial score (nSPS) is 11.8. The molecule has 28 heavy (non-hydrogen) atoms. The van der Waals surface area contributed by atoms with Crippen LogP contribution in [0.1, 0.15) is 11.1 Å². The summed E-state index contributed by atoms with van der Waals surface area (Å²) in [6, 6.07) is 13.5. The van der Waals surface area contributed by atoms with Crippen LogP contribution < -0.4 is 9.47 Å². The highest BCUT2D eigenvalue weighted by Gasteiger charge is 2.13. The van der Waals surface area contributed by atoms with Gasteiger partial charge in [0.1, 0.15) is 12.7 Å². The highest BCUT2D eigenvalue weighted by atomic mass is 16.5. The van der Waals surface area contributed by atoms with Gasteiger partial charge < -0.3 is 14.6 Å². The molecule has 146 valence electrons. The van der Waals surface area contributed by atoms with Crippen molar-refractivity contribution in [3.63, 3.8) is 0 Å². The Morgan fingerprint density at radius 1 is 1.18 bits per heavy atom. The zero-order chi connectivity index (χ0) is 19.9. The van der Waals surface area contributed by atoms with Crippen LogP contribution in [-0.2, 0) is 13.0 Å². The Morgan fingerprint density at radius 3 is 2.68 bits per heavy atom. The molecule has 0 fully saturated rings. The highest BCUT2D eigenvalue weighted by Crippen LogP contribution is 2.28. The second kappa shape index (κ2) is 9.14. The van der Waals surface area contributed by atoms with Gasteiger partial charge in [0.05, 0.1) is 13.7 Å². The molecular weight excluding hydrogens is 356 g/mol. The first-order valence-corrected chi connectivity index (χ1v) is 9.02. The quantitative estimate of drug-likeness (QED) is 0.575. The number of hydrogen-bond acceptors (Lipinski definition) is 6. The van der Waals surface area contributed by atoms with Crippen LogP contribution in [-0.4, -0.2) is 45.1 Å². The summed E-state index contributed by atoms with van der Waals surface area (Å²) in [5.41, 5.74) is 3.12. The molecule has 1 heterocycles. The molecule has 0 saturated carbocycles. The fourth-order valence-corrected chi connectivity index (χ4v) is 2.69. The van der Waals surface area contributed by atoms with Crippen molar-refractivity contribution in [1.82, 2.24) is 20.2 Å². The van der Waals surface area contributed by atoms with Gasteiger partial charge in [0.25, 0.3) is 0 Å². The van der Waals surface area contributed by atoms with Gasteiger partial charge in [-0.25, -0.2) is 0 Å². The molecule has 0 radical (unpaired) electrons. The van der Waals surface area contributed by atoms with Crippen LogP contribution in [0.4, 0.5) is 0 Å². The molecule has 0 bridgehead atoms. The Hall–Kier alpha value is -3.19. The molecule has 0 aliphatic rings. The minimum Gasteiger partial charge on any atom is -0.493 e. The van der Waals surface area contributed by atoms with Crippen molar-refractivity contribution in [3.8, 4) is 22.9 Å². The first-order chi connectivity index (χ1) is 13.6. The van der Waals surface area contributed by atoms with Crippen LogP contribution in [0.25, 0.3) is 11.4 Å². The number of ether oxygens (including phenoxy) is 2. The Labute approximate surface area is 164 Å². The number of rotatable bonds is 9. The molecule has 1 aromatic heterocycles. The van der Waals surface area contributed by atoms with Gasteiger partial charge in [-0.05, 0) is 36.3 Å². The lowest BCUT2D eigenvalue weighted by Crippen LogP contribution is -2.25. The highest BCUT2D eigenvalue weighted by molar-refractivity contribution is 5.54. The lowest BCUT2D eigenvalue weighted by Gasteiger charge is -2.14. The van der Waals surface area contributed by atoms with Gasteiger partial charge in [0.2, 0.25) is 5.82 Å². The van der Waals surface area contributed by atoms with E-state index >= 15 is 0 Å². The molecule has 0 aliphatic heterocycles. The molecule has 7 heteroatoms. The van der Waals surface area contributed by atoms with Crippen LogP contribution >= 0.6 is 0 Å².